The number of anilines is 1. The molecule has 0 unspecified atom stereocenters. The zero-order valence-electron chi connectivity index (χ0n) is 18.0. The van der Waals surface area contributed by atoms with Crippen molar-refractivity contribution in [2.24, 2.45) is 0 Å². The molecule has 5 rings (SSSR count). The SMILES string of the molecule is COc1ccccc1-c1ccccc1C(=O)Nc1nc2ncc(-c3ccc(C#N)cc3)nc2s1. The number of thiazole rings is 1. The molecule has 8 heteroatoms. The maximum atomic E-state index is 13.2. The standard InChI is InChI=1S/C26H17N5O2S/c1-33-22-9-5-4-7-19(22)18-6-2-3-8-20(18)24(32)31-26-30-23-25(34-26)29-21(15-28-23)17-12-10-16(14-27)11-13-17/h2-13,15H,1H3,(H,28,30,31,32). The van der Waals surface area contributed by atoms with Gasteiger partial charge in [-0.3, -0.25) is 10.1 Å². The molecule has 0 saturated heterocycles. The number of carbonyl (C=O) groups excluding carboxylic acids is 1. The Labute approximate surface area is 199 Å². The largest absolute Gasteiger partial charge is 0.496 e. The summed E-state index contributed by atoms with van der Waals surface area (Å²) in [6.45, 7) is 0. The molecule has 7 nitrogen and oxygen atoms in total. The third kappa shape index (κ3) is 4.08. The lowest BCUT2D eigenvalue weighted by atomic mass is 9.98. The number of amides is 1. The molecule has 0 aliphatic rings. The van der Waals surface area contributed by atoms with E-state index in [1.807, 2.05) is 54.6 Å². The summed E-state index contributed by atoms with van der Waals surface area (Å²) in [5.74, 6) is 0.402. The predicted molar refractivity (Wildman–Crippen MR) is 132 cm³/mol. The van der Waals surface area contributed by atoms with Crippen molar-refractivity contribution in [1.29, 1.82) is 5.26 Å². The molecule has 0 fully saturated rings. The number of para-hydroxylation sites is 1. The molecule has 0 saturated carbocycles. The Morgan fingerprint density at radius 1 is 0.971 bits per heavy atom. The average Bonchev–Trinajstić information content (AvgIpc) is 3.30. The Balaban J connectivity index is 1.44. The van der Waals surface area contributed by atoms with Gasteiger partial charge in [0.05, 0.1) is 30.6 Å². The third-order valence-corrected chi connectivity index (χ3v) is 6.08. The number of rotatable bonds is 5. The van der Waals surface area contributed by atoms with Crippen LogP contribution >= 0.6 is 11.3 Å². The van der Waals surface area contributed by atoms with Gasteiger partial charge in [0, 0.05) is 16.7 Å². The first-order valence-electron chi connectivity index (χ1n) is 10.3. The summed E-state index contributed by atoms with van der Waals surface area (Å²) in [7, 11) is 1.61. The minimum Gasteiger partial charge on any atom is -0.496 e. The van der Waals surface area contributed by atoms with E-state index in [2.05, 4.69) is 26.3 Å². The summed E-state index contributed by atoms with van der Waals surface area (Å²) in [5, 5.41) is 12.3. The van der Waals surface area contributed by atoms with E-state index >= 15 is 0 Å². The monoisotopic (exact) mass is 463 g/mol. The molecule has 0 atom stereocenters. The Morgan fingerprint density at radius 2 is 1.71 bits per heavy atom. The van der Waals surface area contributed by atoms with E-state index in [0.29, 0.717) is 38.2 Å². The zero-order valence-corrected chi connectivity index (χ0v) is 18.8. The van der Waals surface area contributed by atoms with Gasteiger partial charge in [-0.05, 0) is 29.8 Å². The molecular weight excluding hydrogens is 446 g/mol. The number of fused-ring (bicyclic) bond motifs is 1. The minimum absolute atomic E-state index is 0.284. The maximum Gasteiger partial charge on any atom is 0.258 e. The molecule has 0 bridgehead atoms. The van der Waals surface area contributed by atoms with Crippen LogP contribution in [0.2, 0.25) is 0 Å². The number of ether oxygens (including phenoxy) is 1. The molecule has 164 valence electrons. The smallest absolute Gasteiger partial charge is 0.258 e. The number of benzene rings is 3. The van der Waals surface area contributed by atoms with Gasteiger partial charge < -0.3 is 4.74 Å². The normalized spacial score (nSPS) is 10.6. The molecule has 1 N–H and O–H groups in total. The summed E-state index contributed by atoms with van der Waals surface area (Å²) in [6.07, 6.45) is 1.63. The summed E-state index contributed by atoms with van der Waals surface area (Å²) in [4.78, 5) is 27.2. The second-order valence-electron chi connectivity index (χ2n) is 7.29. The summed E-state index contributed by atoms with van der Waals surface area (Å²) < 4.78 is 5.48. The second kappa shape index (κ2) is 9.10. The quantitative estimate of drug-likeness (QED) is 0.367. The van der Waals surface area contributed by atoms with E-state index in [0.717, 1.165) is 16.7 Å². The Kier molecular flexibility index (Phi) is 5.68. The Hall–Kier alpha value is -4.61. The first-order chi connectivity index (χ1) is 16.7. The van der Waals surface area contributed by atoms with Gasteiger partial charge in [0.2, 0.25) is 0 Å². The lowest BCUT2D eigenvalue weighted by Gasteiger charge is -2.12. The van der Waals surface area contributed by atoms with Crippen molar-refractivity contribution in [3.05, 3.63) is 90.1 Å². The van der Waals surface area contributed by atoms with Gasteiger partial charge in [-0.25, -0.2) is 9.97 Å². The highest BCUT2D eigenvalue weighted by molar-refractivity contribution is 7.21. The van der Waals surface area contributed by atoms with E-state index in [1.54, 1.807) is 31.5 Å². The van der Waals surface area contributed by atoms with E-state index in [4.69, 9.17) is 10.00 Å². The van der Waals surface area contributed by atoms with E-state index in [9.17, 15) is 4.79 Å². The van der Waals surface area contributed by atoms with Crippen molar-refractivity contribution in [3.8, 4) is 34.2 Å². The number of aromatic nitrogens is 3. The molecule has 2 aromatic heterocycles. The first-order valence-corrected chi connectivity index (χ1v) is 11.2. The van der Waals surface area contributed by atoms with Gasteiger partial charge in [0.1, 0.15) is 5.75 Å². The molecule has 34 heavy (non-hydrogen) atoms. The van der Waals surface area contributed by atoms with Gasteiger partial charge in [-0.15, -0.1) is 0 Å². The average molecular weight is 464 g/mol. The minimum atomic E-state index is -0.284. The highest BCUT2D eigenvalue weighted by atomic mass is 32.1. The summed E-state index contributed by atoms with van der Waals surface area (Å²) in [6, 6.07) is 24.2. The van der Waals surface area contributed by atoms with Gasteiger partial charge >= 0.3 is 0 Å². The van der Waals surface area contributed by atoms with Crippen LogP contribution in [0.1, 0.15) is 15.9 Å². The predicted octanol–water partition coefficient (Wildman–Crippen LogP) is 5.55. The van der Waals surface area contributed by atoms with Crippen LogP contribution in [0.4, 0.5) is 5.13 Å². The molecule has 1 amide bonds. The second-order valence-corrected chi connectivity index (χ2v) is 8.27. The van der Waals surface area contributed by atoms with Crippen LogP contribution in [-0.4, -0.2) is 28.0 Å². The molecule has 0 aliphatic carbocycles. The van der Waals surface area contributed by atoms with Gasteiger partial charge in [0.25, 0.3) is 5.91 Å². The van der Waals surface area contributed by atoms with Gasteiger partial charge in [0.15, 0.2) is 15.6 Å². The van der Waals surface area contributed by atoms with Crippen molar-refractivity contribution in [2.75, 3.05) is 12.4 Å². The van der Waals surface area contributed by atoms with Crippen LogP contribution in [0.3, 0.4) is 0 Å². The topological polar surface area (TPSA) is 101 Å². The van der Waals surface area contributed by atoms with Crippen molar-refractivity contribution in [2.45, 2.75) is 0 Å². The van der Waals surface area contributed by atoms with Crippen molar-refractivity contribution >= 4 is 32.9 Å². The molecule has 0 radical (unpaired) electrons. The van der Waals surface area contributed by atoms with Crippen molar-refractivity contribution in [3.63, 3.8) is 0 Å². The highest BCUT2D eigenvalue weighted by Crippen LogP contribution is 2.33. The molecule has 0 aliphatic heterocycles. The number of nitriles is 1. The number of methoxy groups -OCH3 is 1. The molecule has 5 aromatic rings. The van der Waals surface area contributed by atoms with Gasteiger partial charge in [-0.1, -0.05) is 59.9 Å². The summed E-state index contributed by atoms with van der Waals surface area (Å²) >= 11 is 1.25. The molecular formula is C26H17N5O2S. The number of hydrogen-bond acceptors (Lipinski definition) is 7. The van der Waals surface area contributed by atoms with E-state index < -0.39 is 0 Å². The fourth-order valence-corrected chi connectivity index (χ4v) is 4.37. The Bertz CT molecular complexity index is 1550. The first kappa shape index (κ1) is 21.2. The fourth-order valence-electron chi connectivity index (χ4n) is 3.58. The van der Waals surface area contributed by atoms with Crippen LogP contribution in [0.15, 0.2) is 79.0 Å². The number of hydrogen-bond donors (Lipinski definition) is 1. The van der Waals surface area contributed by atoms with Crippen molar-refractivity contribution in [1.82, 2.24) is 15.0 Å². The number of carbonyl (C=O) groups is 1. The highest BCUT2D eigenvalue weighted by Gasteiger charge is 2.17. The van der Waals surface area contributed by atoms with Crippen molar-refractivity contribution < 1.29 is 9.53 Å². The maximum absolute atomic E-state index is 13.2. The van der Waals surface area contributed by atoms with Crippen LogP contribution in [0, 0.1) is 11.3 Å². The Morgan fingerprint density at radius 3 is 2.47 bits per heavy atom. The number of nitrogens with zero attached hydrogens (tertiary/aromatic N) is 4. The lowest BCUT2D eigenvalue weighted by molar-refractivity contribution is 0.102. The zero-order chi connectivity index (χ0) is 23.5. The lowest BCUT2D eigenvalue weighted by Crippen LogP contribution is -2.13. The van der Waals surface area contributed by atoms with E-state index in [1.165, 1.54) is 11.3 Å². The molecule has 0 spiro atoms. The third-order valence-electron chi connectivity index (χ3n) is 5.22. The number of nitrogens with one attached hydrogen (secondary N) is 1. The van der Waals surface area contributed by atoms with Gasteiger partial charge in [-0.2, -0.15) is 10.2 Å². The van der Waals surface area contributed by atoms with E-state index in [-0.39, 0.29) is 5.91 Å². The fraction of sp³-hybridized carbons (Fsp3) is 0.0385. The van der Waals surface area contributed by atoms with Crippen LogP contribution in [0.5, 0.6) is 5.75 Å². The molecule has 3 aromatic carbocycles. The van der Waals surface area contributed by atoms with Crippen LogP contribution in [0.25, 0.3) is 32.9 Å². The molecule has 2 heterocycles. The summed E-state index contributed by atoms with van der Waals surface area (Å²) in [5.41, 5.74) is 4.64. The van der Waals surface area contributed by atoms with Crippen LogP contribution in [-0.2, 0) is 0 Å². The van der Waals surface area contributed by atoms with Crippen LogP contribution < -0.4 is 10.1 Å².